The average molecular weight is 422 g/mol. The van der Waals surface area contributed by atoms with Crippen LogP contribution in [0.3, 0.4) is 0 Å². The molecule has 0 radical (unpaired) electrons. The summed E-state index contributed by atoms with van der Waals surface area (Å²) in [6, 6.07) is 11.2. The molecule has 162 valence electrons. The van der Waals surface area contributed by atoms with Gasteiger partial charge in [0, 0.05) is 38.6 Å². The number of ether oxygens (including phenoxy) is 2. The fourth-order valence-corrected chi connectivity index (χ4v) is 3.46. The van der Waals surface area contributed by atoms with Gasteiger partial charge in [-0.15, -0.1) is 10.2 Å². The number of imidazole rings is 1. The number of aromatic nitrogens is 4. The molecule has 1 saturated heterocycles. The van der Waals surface area contributed by atoms with Gasteiger partial charge in [-0.2, -0.15) is 0 Å². The van der Waals surface area contributed by atoms with E-state index < -0.39 is 0 Å². The maximum Gasteiger partial charge on any atom is 0.260 e. The van der Waals surface area contributed by atoms with Crippen molar-refractivity contribution in [3.05, 3.63) is 54.6 Å². The number of rotatable bonds is 7. The van der Waals surface area contributed by atoms with E-state index in [0.29, 0.717) is 38.5 Å². The molecular weight excluding hydrogens is 396 g/mol. The Labute approximate surface area is 181 Å². The predicted octanol–water partition coefficient (Wildman–Crippen LogP) is 2.10. The van der Waals surface area contributed by atoms with Crippen LogP contribution in [0.4, 0.5) is 5.82 Å². The highest BCUT2D eigenvalue weighted by atomic mass is 16.5. The molecule has 2 aromatic heterocycles. The summed E-state index contributed by atoms with van der Waals surface area (Å²) < 4.78 is 12.9. The van der Waals surface area contributed by atoms with E-state index in [-0.39, 0.29) is 12.5 Å². The molecule has 1 fully saturated rings. The monoisotopic (exact) mass is 422 g/mol. The normalized spacial score (nSPS) is 13.9. The van der Waals surface area contributed by atoms with E-state index in [0.717, 1.165) is 23.2 Å². The first-order chi connectivity index (χ1) is 15.1. The topological polar surface area (TPSA) is 85.6 Å². The third-order valence-electron chi connectivity index (χ3n) is 5.16. The zero-order chi connectivity index (χ0) is 21.6. The van der Waals surface area contributed by atoms with Crippen LogP contribution in [0.5, 0.6) is 11.5 Å². The van der Waals surface area contributed by atoms with Crippen LogP contribution in [0, 0.1) is 6.92 Å². The summed E-state index contributed by atoms with van der Waals surface area (Å²) in [5.74, 6) is 3.82. The molecule has 0 aliphatic carbocycles. The van der Waals surface area contributed by atoms with Gasteiger partial charge in [-0.05, 0) is 50.2 Å². The molecular formula is C22H26N6O3. The lowest BCUT2D eigenvalue weighted by Crippen LogP contribution is -2.50. The van der Waals surface area contributed by atoms with Crippen LogP contribution in [0.25, 0.3) is 5.82 Å². The summed E-state index contributed by atoms with van der Waals surface area (Å²) in [6.07, 6.45) is 3.60. The van der Waals surface area contributed by atoms with Crippen LogP contribution in [0.15, 0.2) is 48.8 Å². The Bertz CT molecular complexity index is 995. The first-order valence-corrected chi connectivity index (χ1v) is 10.4. The highest BCUT2D eigenvalue weighted by Crippen LogP contribution is 2.18. The largest absolute Gasteiger partial charge is 0.494 e. The average Bonchev–Trinajstić information content (AvgIpc) is 3.25. The van der Waals surface area contributed by atoms with Crippen LogP contribution in [-0.4, -0.2) is 69.9 Å². The Balaban J connectivity index is 1.26. The Morgan fingerprint density at radius 2 is 1.58 bits per heavy atom. The number of hydrogen-bond acceptors (Lipinski definition) is 7. The molecule has 31 heavy (non-hydrogen) atoms. The van der Waals surface area contributed by atoms with Crippen LogP contribution in [0.1, 0.15) is 12.7 Å². The molecule has 0 spiro atoms. The van der Waals surface area contributed by atoms with Crippen molar-refractivity contribution in [3.63, 3.8) is 0 Å². The minimum atomic E-state index is -0.0226. The number of amides is 1. The molecule has 3 aromatic rings. The van der Waals surface area contributed by atoms with Crippen LogP contribution in [-0.2, 0) is 4.79 Å². The fourth-order valence-electron chi connectivity index (χ4n) is 3.46. The Morgan fingerprint density at radius 1 is 0.935 bits per heavy atom. The summed E-state index contributed by atoms with van der Waals surface area (Å²) in [5, 5.41) is 8.67. The summed E-state index contributed by atoms with van der Waals surface area (Å²) in [6.45, 7) is 7.14. The van der Waals surface area contributed by atoms with Crippen LogP contribution >= 0.6 is 0 Å². The zero-order valence-electron chi connectivity index (χ0n) is 17.8. The molecule has 0 N–H and O–H groups in total. The maximum absolute atomic E-state index is 12.5. The SMILES string of the molecule is CCOc1ccc(OCC(=O)N2CCN(c3ccc(-n4ccnc4C)nn3)CC2)cc1. The molecule has 1 aliphatic rings. The number of hydrogen-bond donors (Lipinski definition) is 0. The van der Waals surface area contributed by atoms with E-state index in [9.17, 15) is 4.79 Å². The van der Waals surface area contributed by atoms with E-state index >= 15 is 0 Å². The molecule has 4 rings (SSSR count). The van der Waals surface area contributed by atoms with Crippen LogP contribution < -0.4 is 14.4 Å². The lowest BCUT2D eigenvalue weighted by molar-refractivity contribution is -0.133. The minimum Gasteiger partial charge on any atom is -0.494 e. The first kappa shape index (κ1) is 20.6. The second-order valence-electron chi connectivity index (χ2n) is 7.16. The number of carbonyl (C=O) groups excluding carboxylic acids is 1. The van der Waals surface area contributed by atoms with Crippen molar-refractivity contribution in [3.8, 4) is 17.3 Å². The van der Waals surface area contributed by atoms with Gasteiger partial charge in [0.05, 0.1) is 6.61 Å². The fraction of sp³-hybridized carbons (Fsp3) is 0.364. The summed E-state index contributed by atoms with van der Waals surface area (Å²) in [7, 11) is 0. The second kappa shape index (κ2) is 9.46. The third-order valence-corrected chi connectivity index (χ3v) is 5.16. The second-order valence-corrected chi connectivity index (χ2v) is 7.16. The van der Waals surface area contributed by atoms with E-state index in [1.165, 1.54) is 0 Å². The Hall–Kier alpha value is -3.62. The smallest absolute Gasteiger partial charge is 0.260 e. The zero-order valence-corrected chi connectivity index (χ0v) is 17.8. The summed E-state index contributed by atoms with van der Waals surface area (Å²) in [4.78, 5) is 20.7. The van der Waals surface area contributed by atoms with E-state index in [1.54, 1.807) is 6.20 Å². The highest BCUT2D eigenvalue weighted by molar-refractivity contribution is 5.78. The number of piperazine rings is 1. The van der Waals surface area contributed by atoms with Crippen molar-refractivity contribution in [2.24, 2.45) is 0 Å². The molecule has 1 amide bonds. The maximum atomic E-state index is 12.5. The van der Waals surface area contributed by atoms with Gasteiger partial charge in [-0.3, -0.25) is 9.36 Å². The van der Waals surface area contributed by atoms with E-state index in [2.05, 4.69) is 20.1 Å². The van der Waals surface area contributed by atoms with E-state index in [4.69, 9.17) is 9.47 Å². The van der Waals surface area contributed by atoms with Crippen molar-refractivity contribution in [1.82, 2.24) is 24.6 Å². The molecule has 0 atom stereocenters. The number of carbonyl (C=O) groups is 1. The molecule has 0 saturated carbocycles. The van der Waals surface area contributed by atoms with Gasteiger partial charge in [0.2, 0.25) is 0 Å². The predicted molar refractivity (Wildman–Crippen MR) is 116 cm³/mol. The molecule has 9 nitrogen and oxygen atoms in total. The number of benzene rings is 1. The van der Waals surface area contributed by atoms with Gasteiger partial charge in [0.25, 0.3) is 5.91 Å². The van der Waals surface area contributed by atoms with Crippen molar-refractivity contribution in [1.29, 1.82) is 0 Å². The van der Waals surface area contributed by atoms with Gasteiger partial charge in [0.1, 0.15) is 17.3 Å². The Kier molecular flexibility index (Phi) is 6.30. The van der Waals surface area contributed by atoms with Gasteiger partial charge in [-0.1, -0.05) is 0 Å². The summed E-state index contributed by atoms with van der Waals surface area (Å²) in [5.41, 5.74) is 0. The van der Waals surface area contributed by atoms with Crippen LogP contribution in [0.2, 0.25) is 0 Å². The first-order valence-electron chi connectivity index (χ1n) is 10.4. The van der Waals surface area contributed by atoms with Crippen molar-refractivity contribution >= 4 is 11.7 Å². The molecule has 1 aliphatic heterocycles. The van der Waals surface area contributed by atoms with E-state index in [1.807, 2.05) is 65.9 Å². The molecule has 9 heteroatoms. The van der Waals surface area contributed by atoms with Crippen molar-refractivity contribution in [2.45, 2.75) is 13.8 Å². The minimum absolute atomic E-state index is 0.0206. The Morgan fingerprint density at radius 3 is 2.16 bits per heavy atom. The van der Waals surface area contributed by atoms with Gasteiger partial charge in [-0.25, -0.2) is 4.98 Å². The summed E-state index contributed by atoms with van der Waals surface area (Å²) >= 11 is 0. The van der Waals surface area contributed by atoms with Gasteiger partial charge < -0.3 is 19.3 Å². The molecule has 1 aromatic carbocycles. The van der Waals surface area contributed by atoms with Crippen molar-refractivity contribution in [2.75, 3.05) is 44.3 Å². The number of nitrogens with zero attached hydrogens (tertiary/aromatic N) is 6. The molecule has 3 heterocycles. The standard InChI is InChI=1S/C22H26N6O3/c1-3-30-18-4-6-19(7-5-18)31-16-22(29)27-14-12-26(13-15-27)20-8-9-21(25-24-20)28-11-10-23-17(28)2/h4-11H,3,12-16H2,1-2H3. The highest BCUT2D eigenvalue weighted by Gasteiger charge is 2.22. The number of anilines is 1. The molecule has 0 unspecified atom stereocenters. The molecule has 0 bridgehead atoms. The van der Waals surface area contributed by atoms with Gasteiger partial charge in [0.15, 0.2) is 18.2 Å². The third kappa shape index (κ3) is 4.93. The van der Waals surface area contributed by atoms with Gasteiger partial charge >= 0.3 is 0 Å². The lowest BCUT2D eigenvalue weighted by Gasteiger charge is -2.35. The quantitative estimate of drug-likeness (QED) is 0.576. The number of aryl methyl sites for hydroxylation is 1. The van der Waals surface area contributed by atoms with Crippen molar-refractivity contribution < 1.29 is 14.3 Å². The lowest BCUT2D eigenvalue weighted by atomic mass is 10.3.